The molecule has 7 nitrogen and oxygen atoms in total. The number of hydrogen-bond acceptors (Lipinski definition) is 4. The number of hydrogen-bond donors (Lipinski definition) is 3. The molecule has 7 heteroatoms. The van der Waals surface area contributed by atoms with E-state index in [2.05, 4.69) is 32.1 Å². The zero-order valence-electron chi connectivity index (χ0n) is 13.7. The Morgan fingerprint density at radius 3 is 2.92 bits per heavy atom. The number of rotatable bonds is 5. The highest BCUT2D eigenvalue weighted by atomic mass is 16.2. The van der Waals surface area contributed by atoms with E-state index in [0.29, 0.717) is 18.9 Å². The topological polar surface area (TPSA) is 83.9 Å². The van der Waals surface area contributed by atoms with Gasteiger partial charge in [0.1, 0.15) is 11.6 Å². The van der Waals surface area contributed by atoms with Crippen LogP contribution in [-0.4, -0.2) is 27.3 Å². The molecule has 0 unspecified atom stereocenters. The van der Waals surface area contributed by atoms with Crippen molar-refractivity contribution in [1.82, 2.24) is 20.1 Å². The summed E-state index contributed by atoms with van der Waals surface area (Å²) in [5.41, 5.74) is 1.13. The van der Waals surface area contributed by atoms with Crippen molar-refractivity contribution >= 4 is 28.4 Å². The molecule has 3 N–H and O–H groups in total. The normalized spacial score (nSPS) is 10.6. The second-order valence-corrected chi connectivity index (χ2v) is 5.39. The molecule has 3 rings (SSSR count). The highest BCUT2D eigenvalue weighted by Crippen LogP contribution is 2.21. The number of pyridine rings is 1. The van der Waals surface area contributed by atoms with Crippen LogP contribution in [0.1, 0.15) is 12.5 Å². The van der Waals surface area contributed by atoms with E-state index in [1.54, 1.807) is 17.1 Å². The van der Waals surface area contributed by atoms with Gasteiger partial charge in [0.25, 0.3) is 0 Å². The van der Waals surface area contributed by atoms with Gasteiger partial charge in [-0.2, -0.15) is 5.10 Å². The third-order valence-electron chi connectivity index (χ3n) is 3.71. The molecule has 124 valence electrons. The molecule has 1 aromatic carbocycles. The maximum Gasteiger partial charge on any atom is 0.320 e. The number of carbonyl (C=O) groups excluding carboxylic acids is 1. The van der Waals surface area contributed by atoms with Gasteiger partial charge in [0.15, 0.2) is 0 Å². The highest BCUT2D eigenvalue weighted by molar-refractivity contribution is 5.92. The fourth-order valence-corrected chi connectivity index (χ4v) is 2.51. The Balaban J connectivity index is 1.80. The van der Waals surface area contributed by atoms with Crippen molar-refractivity contribution in [3.63, 3.8) is 0 Å². The molecule has 0 aliphatic carbocycles. The number of carbonyl (C=O) groups is 1. The SMILES string of the molecule is CCNC(=O)Nc1cc2cccc(CNc3ccnn3C)c2cn1. The molecule has 2 heterocycles. The van der Waals surface area contributed by atoms with Gasteiger partial charge in [-0.05, 0) is 23.9 Å². The van der Waals surface area contributed by atoms with Gasteiger partial charge >= 0.3 is 6.03 Å². The lowest BCUT2D eigenvalue weighted by Gasteiger charge is -2.11. The van der Waals surface area contributed by atoms with Crippen molar-refractivity contribution in [2.24, 2.45) is 7.05 Å². The van der Waals surface area contributed by atoms with Crippen LogP contribution in [0.5, 0.6) is 0 Å². The van der Waals surface area contributed by atoms with Crippen LogP contribution in [0, 0.1) is 0 Å². The summed E-state index contributed by atoms with van der Waals surface area (Å²) in [6.07, 6.45) is 3.55. The van der Waals surface area contributed by atoms with Gasteiger partial charge in [-0.15, -0.1) is 0 Å². The van der Waals surface area contributed by atoms with Gasteiger partial charge in [-0.3, -0.25) is 10.00 Å². The van der Waals surface area contributed by atoms with E-state index in [9.17, 15) is 4.79 Å². The number of nitrogens with one attached hydrogen (secondary N) is 3. The maximum atomic E-state index is 11.6. The van der Waals surface area contributed by atoms with Crippen molar-refractivity contribution in [1.29, 1.82) is 0 Å². The molecular formula is C17H20N6O. The summed E-state index contributed by atoms with van der Waals surface area (Å²) in [7, 11) is 1.90. The zero-order valence-corrected chi connectivity index (χ0v) is 13.7. The van der Waals surface area contributed by atoms with Gasteiger partial charge < -0.3 is 10.6 Å². The summed E-state index contributed by atoms with van der Waals surface area (Å²) in [5.74, 6) is 1.49. The first kappa shape index (κ1) is 15.8. The molecule has 24 heavy (non-hydrogen) atoms. The molecule has 3 aromatic rings. The molecule has 2 aromatic heterocycles. The van der Waals surface area contributed by atoms with Gasteiger partial charge in [-0.25, -0.2) is 9.78 Å². The van der Waals surface area contributed by atoms with Crippen molar-refractivity contribution < 1.29 is 4.79 Å². The maximum absolute atomic E-state index is 11.6. The van der Waals surface area contributed by atoms with Gasteiger partial charge in [0.2, 0.25) is 0 Å². The Kier molecular flexibility index (Phi) is 4.60. The van der Waals surface area contributed by atoms with Gasteiger partial charge in [0, 0.05) is 37.8 Å². The number of urea groups is 1. The van der Waals surface area contributed by atoms with E-state index < -0.39 is 0 Å². The number of fused-ring (bicyclic) bond motifs is 1. The van der Waals surface area contributed by atoms with Crippen molar-refractivity contribution in [3.8, 4) is 0 Å². The largest absolute Gasteiger partial charge is 0.366 e. The molecule has 0 bridgehead atoms. The predicted octanol–water partition coefficient (Wildman–Crippen LogP) is 2.72. The van der Waals surface area contributed by atoms with Crippen molar-refractivity contribution in [3.05, 3.63) is 48.3 Å². The summed E-state index contributed by atoms with van der Waals surface area (Å²) in [6, 6.07) is 9.62. The van der Waals surface area contributed by atoms with Crippen LogP contribution in [0.25, 0.3) is 10.8 Å². The minimum absolute atomic E-state index is 0.252. The first-order chi connectivity index (χ1) is 11.7. The average Bonchev–Trinajstić information content (AvgIpc) is 2.98. The first-order valence-corrected chi connectivity index (χ1v) is 7.81. The summed E-state index contributed by atoms with van der Waals surface area (Å²) in [6.45, 7) is 3.11. The minimum Gasteiger partial charge on any atom is -0.366 e. The monoisotopic (exact) mass is 324 g/mol. The van der Waals surface area contributed by atoms with Crippen LogP contribution in [0.15, 0.2) is 42.7 Å². The number of amides is 2. The Morgan fingerprint density at radius 2 is 2.17 bits per heavy atom. The highest BCUT2D eigenvalue weighted by Gasteiger charge is 2.06. The lowest BCUT2D eigenvalue weighted by atomic mass is 10.1. The number of anilines is 2. The molecule has 0 radical (unpaired) electrons. The quantitative estimate of drug-likeness (QED) is 0.674. The fourth-order valence-electron chi connectivity index (χ4n) is 2.51. The predicted molar refractivity (Wildman–Crippen MR) is 95.0 cm³/mol. The van der Waals surface area contributed by atoms with E-state index >= 15 is 0 Å². The number of benzene rings is 1. The lowest BCUT2D eigenvalue weighted by Crippen LogP contribution is -2.28. The summed E-state index contributed by atoms with van der Waals surface area (Å²) >= 11 is 0. The number of nitrogens with zero attached hydrogens (tertiary/aromatic N) is 3. The van der Waals surface area contributed by atoms with Gasteiger partial charge in [0.05, 0.1) is 6.20 Å². The third kappa shape index (κ3) is 3.45. The Bertz CT molecular complexity index is 857. The van der Waals surface area contributed by atoms with E-state index in [4.69, 9.17) is 0 Å². The summed E-state index contributed by atoms with van der Waals surface area (Å²) in [4.78, 5) is 15.9. The van der Waals surface area contributed by atoms with E-state index in [0.717, 1.165) is 22.2 Å². The second-order valence-electron chi connectivity index (χ2n) is 5.39. The fraction of sp³-hybridized carbons (Fsp3) is 0.235. The Hall–Kier alpha value is -3.09. The molecule has 0 aliphatic rings. The van der Waals surface area contributed by atoms with Gasteiger partial charge in [-0.1, -0.05) is 18.2 Å². The van der Waals surface area contributed by atoms with E-state index in [-0.39, 0.29) is 6.03 Å². The molecule has 0 saturated heterocycles. The van der Waals surface area contributed by atoms with Crippen LogP contribution < -0.4 is 16.0 Å². The second kappa shape index (κ2) is 6.99. The molecule has 0 atom stereocenters. The van der Waals surface area contributed by atoms with Crippen LogP contribution in [0.3, 0.4) is 0 Å². The van der Waals surface area contributed by atoms with Crippen LogP contribution in [-0.2, 0) is 13.6 Å². The smallest absolute Gasteiger partial charge is 0.320 e. The number of aromatic nitrogens is 3. The minimum atomic E-state index is -0.252. The molecular weight excluding hydrogens is 304 g/mol. The van der Waals surface area contributed by atoms with Crippen molar-refractivity contribution in [2.45, 2.75) is 13.5 Å². The van der Waals surface area contributed by atoms with Crippen molar-refractivity contribution in [2.75, 3.05) is 17.2 Å². The van der Waals surface area contributed by atoms with Crippen LogP contribution >= 0.6 is 0 Å². The Labute approximate surface area is 140 Å². The summed E-state index contributed by atoms with van der Waals surface area (Å²) in [5, 5.41) is 15.0. The molecule has 0 spiro atoms. The zero-order chi connectivity index (χ0) is 16.9. The molecule has 2 amide bonds. The standard InChI is InChI=1S/C17H20N6O/c1-3-18-17(24)22-15-9-12-5-4-6-13(14(12)11-19-15)10-20-16-7-8-21-23(16)2/h4-9,11,20H,3,10H2,1-2H3,(H2,18,19,22,24). The molecule has 0 fully saturated rings. The van der Waals surface area contributed by atoms with E-state index in [1.165, 1.54) is 0 Å². The lowest BCUT2D eigenvalue weighted by molar-refractivity contribution is 0.252. The van der Waals surface area contributed by atoms with Crippen LogP contribution in [0.2, 0.25) is 0 Å². The average molecular weight is 324 g/mol. The first-order valence-electron chi connectivity index (χ1n) is 7.81. The van der Waals surface area contributed by atoms with E-state index in [1.807, 2.05) is 38.2 Å². The molecule has 0 aliphatic heterocycles. The Morgan fingerprint density at radius 1 is 1.29 bits per heavy atom. The summed E-state index contributed by atoms with van der Waals surface area (Å²) < 4.78 is 1.79. The molecule has 0 saturated carbocycles. The van der Waals surface area contributed by atoms with Crippen LogP contribution in [0.4, 0.5) is 16.4 Å². The third-order valence-corrected chi connectivity index (χ3v) is 3.71. The number of aryl methyl sites for hydroxylation is 1.